The lowest BCUT2D eigenvalue weighted by molar-refractivity contribution is -0.127. The van der Waals surface area contributed by atoms with E-state index in [4.69, 9.17) is 15.3 Å². The maximum absolute atomic E-state index is 14.3. The zero-order valence-electron chi connectivity index (χ0n) is 27.1. The molecular formula is C37H45N5O5. The largest absolute Gasteiger partial charge is 0.497 e. The second-order valence-corrected chi connectivity index (χ2v) is 12.0. The topological polar surface area (TPSA) is 117 Å². The predicted molar refractivity (Wildman–Crippen MR) is 183 cm³/mol. The van der Waals surface area contributed by atoms with Crippen LogP contribution in [0.5, 0.6) is 5.75 Å². The Hall–Kier alpha value is -4.51. The first-order valence-electron chi connectivity index (χ1n) is 16.4. The Kier molecular flexibility index (Phi) is 12.2. The Morgan fingerprint density at radius 1 is 0.957 bits per heavy atom. The van der Waals surface area contributed by atoms with E-state index in [2.05, 4.69) is 10.2 Å². The van der Waals surface area contributed by atoms with Crippen LogP contribution in [0.2, 0.25) is 0 Å². The number of hydrogen-bond acceptors (Lipinski definition) is 7. The molecule has 3 aromatic carbocycles. The average molecular weight is 640 g/mol. The number of amides is 3. The number of benzene rings is 3. The molecule has 0 spiro atoms. The van der Waals surface area contributed by atoms with Crippen LogP contribution in [-0.2, 0) is 14.3 Å². The highest BCUT2D eigenvalue weighted by Crippen LogP contribution is 2.27. The number of ether oxygens (including phenoxy) is 2. The molecule has 10 nitrogen and oxygen atoms in total. The van der Waals surface area contributed by atoms with Crippen molar-refractivity contribution >= 4 is 29.5 Å². The second kappa shape index (κ2) is 16.9. The fraction of sp³-hybridized carbons (Fsp3) is 0.378. The predicted octanol–water partition coefficient (Wildman–Crippen LogP) is 4.58. The van der Waals surface area contributed by atoms with Gasteiger partial charge in [0.1, 0.15) is 11.8 Å². The molecule has 5 rings (SSSR count). The van der Waals surface area contributed by atoms with Crippen molar-refractivity contribution in [2.24, 2.45) is 5.84 Å². The third-order valence-electron chi connectivity index (χ3n) is 8.81. The highest BCUT2D eigenvalue weighted by molar-refractivity contribution is 6.03. The van der Waals surface area contributed by atoms with E-state index in [-0.39, 0.29) is 23.8 Å². The second-order valence-electron chi connectivity index (χ2n) is 12.0. The Morgan fingerprint density at radius 3 is 2.30 bits per heavy atom. The van der Waals surface area contributed by atoms with Gasteiger partial charge in [0, 0.05) is 43.9 Å². The SMILES string of the molecule is COc1ccc(C(=O)N(CCN2CCOCC2)C(C(=O)NC2CCCCC2)c2ccc(C=CC(=O)N(N)c3ccccc3)cc2)cc1. The zero-order chi connectivity index (χ0) is 33.0. The first-order chi connectivity index (χ1) is 22.9. The summed E-state index contributed by atoms with van der Waals surface area (Å²) in [6.45, 7) is 3.79. The van der Waals surface area contributed by atoms with E-state index < -0.39 is 6.04 Å². The molecule has 0 bridgehead atoms. The van der Waals surface area contributed by atoms with Crippen LogP contribution in [0.25, 0.3) is 6.08 Å². The number of hydrogen-bond donors (Lipinski definition) is 2. The van der Waals surface area contributed by atoms with Crippen LogP contribution in [0.15, 0.2) is 84.9 Å². The highest BCUT2D eigenvalue weighted by Gasteiger charge is 2.34. The van der Waals surface area contributed by atoms with Gasteiger partial charge in [-0.2, -0.15) is 0 Å². The summed E-state index contributed by atoms with van der Waals surface area (Å²) in [4.78, 5) is 45.1. The third-order valence-corrected chi connectivity index (χ3v) is 8.81. The minimum atomic E-state index is -0.857. The summed E-state index contributed by atoms with van der Waals surface area (Å²) in [6, 6.07) is 22.6. The minimum absolute atomic E-state index is 0.0768. The fourth-order valence-electron chi connectivity index (χ4n) is 6.07. The number of nitrogens with zero attached hydrogens (tertiary/aromatic N) is 3. The van der Waals surface area contributed by atoms with Crippen molar-refractivity contribution in [1.29, 1.82) is 0 Å². The van der Waals surface area contributed by atoms with E-state index in [1.807, 2.05) is 42.5 Å². The van der Waals surface area contributed by atoms with Crippen molar-refractivity contribution in [3.63, 3.8) is 0 Å². The van der Waals surface area contributed by atoms with Crippen molar-refractivity contribution < 1.29 is 23.9 Å². The summed E-state index contributed by atoms with van der Waals surface area (Å²) >= 11 is 0. The smallest absolute Gasteiger partial charge is 0.265 e. The summed E-state index contributed by atoms with van der Waals surface area (Å²) in [5.74, 6) is 5.87. The molecule has 0 aromatic heterocycles. The third kappa shape index (κ3) is 9.28. The Morgan fingerprint density at radius 2 is 1.64 bits per heavy atom. The molecule has 1 aliphatic carbocycles. The van der Waals surface area contributed by atoms with Gasteiger partial charge < -0.3 is 19.7 Å². The zero-order valence-corrected chi connectivity index (χ0v) is 27.1. The first-order valence-corrected chi connectivity index (χ1v) is 16.4. The number of hydrazine groups is 1. The molecule has 1 atom stereocenters. The van der Waals surface area contributed by atoms with Crippen molar-refractivity contribution in [2.45, 2.75) is 44.2 Å². The van der Waals surface area contributed by atoms with Crippen molar-refractivity contribution in [2.75, 3.05) is 51.5 Å². The van der Waals surface area contributed by atoms with Gasteiger partial charge in [0.15, 0.2) is 0 Å². The summed E-state index contributed by atoms with van der Waals surface area (Å²) in [5.41, 5.74) is 2.51. The summed E-state index contributed by atoms with van der Waals surface area (Å²) in [5, 5.41) is 4.37. The van der Waals surface area contributed by atoms with Gasteiger partial charge in [-0.15, -0.1) is 0 Å². The van der Waals surface area contributed by atoms with Crippen molar-refractivity contribution in [3.8, 4) is 5.75 Å². The minimum Gasteiger partial charge on any atom is -0.497 e. The maximum atomic E-state index is 14.3. The molecule has 3 N–H and O–H groups in total. The fourth-order valence-corrected chi connectivity index (χ4v) is 6.07. The van der Waals surface area contributed by atoms with Gasteiger partial charge >= 0.3 is 0 Å². The van der Waals surface area contributed by atoms with Gasteiger partial charge in [-0.05, 0) is 66.4 Å². The maximum Gasteiger partial charge on any atom is 0.265 e. The van der Waals surface area contributed by atoms with Crippen LogP contribution in [0.4, 0.5) is 5.69 Å². The molecule has 3 aromatic rings. The van der Waals surface area contributed by atoms with Gasteiger partial charge in [0.05, 0.1) is 26.0 Å². The molecule has 3 amide bonds. The average Bonchev–Trinajstić information content (AvgIpc) is 3.13. The molecule has 47 heavy (non-hydrogen) atoms. The lowest BCUT2D eigenvalue weighted by Crippen LogP contribution is -2.50. The number of methoxy groups -OCH3 is 1. The van der Waals surface area contributed by atoms with Crippen LogP contribution in [0.3, 0.4) is 0 Å². The van der Waals surface area contributed by atoms with E-state index in [0.717, 1.165) is 49.3 Å². The molecule has 1 heterocycles. The molecule has 10 heteroatoms. The van der Waals surface area contributed by atoms with E-state index in [9.17, 15) is 14.4 Å². The van der Waals surface area contributed by atoms with E-state index >= 15 is 0 Å². The molecule has 2 fully saturated rings. The van der Waals surface area contributed by atoms with Gasteiger partial charge in [-0.1, -0.05) is 61.7 Å². The monoisotopic (exact) mass is 639 g/mol. The van der Waals surface area contributed by atoms with E-state index in [1.54, 1.807) is 54.5 Å². The van der Waals surface area contributed by atoms with Crippen LogP contribution < -0.4 is 20.9 Å². The lowest BCUT2D eigenvalue weighted by Gasteiger charge is -2.35. The van der Waals surface area contributed by atoms with Gasteiger partial charge in [-0.3, -0.25) is 19.3 Å². The summed E-state index contributed by atoms with van der Waals surface area (Å²) < 4.78 is 10.8. The molecule has 248 valence electrons. The number of rotatable bonds is 12. The van der Waals surface area contributed by atoms with Gasteiger partial charge in [0.2, 0.25) is 5.91 Å². The number of carbonyl (C=O) groups excluding carboxylic acids is 3. The van der Waals surface area contributed by atoms with Gasteiger partial charge in [0.25, 0.3) is 11.8 Å². The Bertz CT molecular complexity index is 1480. The Balaban J connectivity index is 1.42. The summed E-state index contributed by atoms with van der Waals surface area (Å²) in [7, 11) is 1.58. The molecule has 1 unspecified atom stereocenters. The number of anilines is 1. The molecule has 0 radical (unpaired) electrons. The van der Waals surface area contributed by atoms with Crippen LogP contribution in [0.1, 0.15) is 59.6 Å². The normalized spacial score (nSPS) is 16.4. The van der Waals surface area contributed by atoms with Crippen LogP contribution in [-0.4, -0.2) is 80.1 Å². The number of nitrogens with two attached hydrogens (primary N) is 1. The van der Waals surface area contributed by atoms with Crippen molar-refractivity contribution in [1.82, 2.24) is 15.1 Å². The summed E-state index contributed by atoms with van der Waals surface area (Å²) in [6.07, 6.45) is 8.27. The van der Waals surface area contributed by atoms with Gasteiger partial charge in [-0.25, -0.2) is 10.9 Å². The standard InChI is InChI=1S/C37H45N5O5/c1-46-33-19-17-30(18-20-33)37(45)41(23-22-40-24-26-47-27-25-40)35(36(44)39-31-8-4-2-5-9-31)29-15-12-28(13-16-29)14-21-34(43)42(38)32-10-6-3-7-11-32/h3,6-7,10-21,31,35H,2,4-5,8-9,22-27,38H2,1H3,(H,39,44). The number of para-hydroxylation sites is 1. The first kappa shape index (κ1) is 33.8. The molecule has 1 saturated carbocycles. The van der Waals surface area contributed by atoms with E-state index in [1.165, 1.54) is 12.5 Å². The number of nitrogens with one attached hydrogen (secondary N) is 1. The number of carbonyl (C=O) groups is 3. The van der Waals surface area contributed by atoms with E-state index in [0.29, 0.717) is 48.9 Å². The number of morpholine rings is 1. The Labute approximate surface area is 277 Å². The highest BCUT2D eigenvalue weighted by atomic mass is 16.5. The van der Waals surface area contributed by atoms with Crippen LogP contribution in [0, 0.1) is 0 Å². The quantitative estimate of drug-likeness (QED) is 0.129. The molecule has 1 saturated heterocycles. The van der Waals surface area contributed by atoms with Crippen LogP contribution >= 0.6 is 0 Å². The lowest BCUT2D eigenvalue weighted by atomic mass is 9.94. The molecule has 1 aliphatic heterocycles. The van der Waals surface area contributed by atoms with Crippen molar-refractivity contribution in [3.05, 3.63) is 102 Å². The molecule has 2 aliphatic rings. The molecular weight excluding hydrogens is 594 g/mol.